The molecule has 5 heteroatoms. The Morgan fingerprint density at radius 1 is 1.36 bits per heavy atom. The van der Waals surface area contributed by atoms with E-state index in [0.717, 1.165) is 18.2 Å². The number of ketones is 1. The van der Waals surface area contributed by atoms with Crippen LogP contribution in [0, 0.1) is 0 Å². The summed E-state index contributed by atoms with van der Waals surface area (Å²) in [4.78, 5) is 10.9. The first kappa shape index (κ1) is 10.6. The third kappa shape index (κ3) is 2.04. The minimum absolute atomic E-state index is 0.0606. The number of carbonyl (C=O) groups excluding carboxylic acids is 1. The van der Waals surface area contributed by atoms with Crippen molar-refractivity contribution in [3.05, 3.63) is 29.3 Å². The maximum Gasteiger partial charge on any atom is 0.416 e. The number of alkyl halides is 3. The van der Waals surface area contributed by atoms with Crippen molar-refractivity contribution in [1.29, 1.82) is 0 Å². The molecule has 0 bridgehead atoms. The molecule has 0 heterocycles. The molecule has 0 atom stereocenters. The Labute approximate surface area is 78.5 Å². The molecule has 0 saturated heterocycles. The molecule has 0 radical (unpaired) electrons. The maximum absolute atomic E-state index is 12.2. The smallest absolute Gasteiger partial charge is 0.398 e. The topological polar surface area (TPSA) is 43.1 Å². The SMILES string of the molecule is CC(=O)c1cc(C(F)(F)F)ccc1N. The summed E-state index contributed by atoms with van der Waals surface area (Å²) in [5, 5.41) is 0. The van der Waals surface area contributed by atoms with Gasteiger partial charge in [-0.05, 0) is 25.1 Å². The van der Waals surface area contributed by atoms with E-state index < -0.39 is 17.5 Å². The molecule has 0 spiro atoms. The van der Waals surface area contributed by atoms with Crippen LogP contribution in [0.1, 0.15) is 22.8 Å². The van der Waals surface area contributed by atoms with Crippen molar-refractivity contribution in [3.63, 3.8) is 0 Å². The van der Waals surface area contributed by atoms with Crippen LogP contribution in [0.3, 0.4) is 0 Å². The van der Waals surface area contributed by atoms with Gasteiger partial charge in [0.05, 0.1) is 5.56 Å². The molecule has 0 amide bonds. The number of halogens is 3. The summed E-state index contributed by atoms with van der Waals surface area (Å²) >= 11 is 0. The zero-order valence-electron chi connectivity index (χ0n) is 7.35. The van der Waals surface area contributed by atoms with Gasteiger partial charge in [0.15, 0.2) is 5.78 Å². The van der Waals surface area contributed by atoms with Gasteiger partial charge in [0.25, 0.3) is 0 Å². The van der Waals surface area contributed by atoms with Gasteiger partial charge in [-0.3, -0.25) is 4.79 Å². The number of nitrogen functional groups attached to an aromatic ring is 1. The van der Waals surface area contributed by atoms with Gasteiger partial charge in [0.1, 0.15) is 0 Å². The highest BCUT2D eigenvalue weighted by atomic mass is 19.4. The van der Waals surface area contributed by atoms with Crippen molar-refractivity contribution < 1.29 is 18.0 Å². The zero-order valence-corrected chi connectivity index (χ0v) is 7.35. The van der Waals surface area contributed by atoms with E-state index in [1.165, 1.54) is 6.92 Å². The van der Waals surface area contributed by atoms with Crippen molar-refractivity contribution in [1.82, 2.24) is 0 Å². The summed E-state index contributed by atoms with van der Waals surface area (Å²) in [5.41, 5.74) is 4.44. The quantitative estimate of drug-likeness (QED) is 0.562. The number of Topliss-reactive ketones (excluding diaryl/α,β-unsaturated/α-hetero) is 1. The standard InChI is InChI=1S/C9H8F3NO/c1-5(14)7-4-6(9(10,11)12)2-3-8(7)13/h2-4H,13H2,1H3. The highest BCUT2D eigenvalue weighted by molar-refractivity contribution is 5.99. The minimum Gasteiger partial charge on any atom is -0.398 e. The van der Waals surface area contributed by atoms with E-state index in [4.69, 9.17) is 5.73 Å². The molecule has 2 nitrogen and oxygen atoms in total. The average molecular weight is 203 g/mol. The van der Waals surface area contributed by atoms with Crippen LogP contribution in [0.5, 0.6) is 0 Å². The second-order valence-electron chi connectivity index (χ2n) is 2.86. The molecule has 1 rings (SSSR count). The van der Waals surface area contributed by atoms with Gasteiger partial charge < -0.3 is 5.73 Å². The first-order chi connectivity index (χ1) is 6.32. The number of hydrogen-bond acceptors (Lipinski definition) is 2. The van der Waals surface area contributed by atoms with Crippen molar-refractivity contribution in [2.24, 2.45) is 0 Å². The molecule has 76 valence electrons. The Hall–Kier alpha value is -1.52. The third-order valence-corrected chi connectivity index (χ3v) is 1.76. The van der Waals surface area contributed by atoms with Gasteiger partial charge in [-0.25, -0.2) is 0 Å². The van der Waals surface area contributed by atoms with E-state index in [9.17, 15) is 18.0 Å². The lowest BCUT2D eigenvalue weighted by molar-refractivity contribution is -0.137. The summed E-state index contributed by atoms with van der Waals surface area (Å²) in [6.45, 7) is 1.17. The average Bonchev–Trinajstić information content (AvgIpc) is 2.02. The van der Waals surface area contributed by atoms with Crippen LogP contribution >= 0.6 is 0 Å². The Morgan fingerprint density at radius 3 is 2.36 bits per heavy atom. The van der Waals surface area contributed by atoms with Crippen LogP contribution < -0.4 is 5.73 Å². The van der Waals surface area contributed by atoms with E-state index in [2.05, 4.69) is 0 Å². The van der Waals surface area contributed by atoms with E-state index in [0.29, 0.717) is 0 Å². The van der Waals surface area contributed by atoms with Gasteiger partial charge in [0.2, 0.25) is 0 Å². The molecule has 0 aliphatic rings. The van der Waals surface area contributed by atoms with E-state index >= 15 is 0 Å². The summed E-state index contributed by atoms with van der Waals surface area (Å²) in [7, 11) is 0. The second-order valence-corrected chi connectivity index (χ2v) is 2.86. The molecule has 1 aromatic rings. The molecule has 0 aliphatic heterocycles. The highest BCUT2D eigenvalue weighted by Crippen LogP contribution is 2.31. The van der Waals surface area contributed by atoms with E-state index in [1.54, 1.807) is 0 Å². The summed E-state index contributed by atoms with van der Waals surface area (Å²) in [5.74, 6) is -0.478. The van der Waals surface area contributed by atoms with Crippen molar-refractivity contribution in [2.75, 3.05) is 5.73 Å². The summed E-state index contributed by atoms with van der Waals surface area (Å²) in [6.07, 6.45) is -4.45. The number of anilines is 1. The molecule has 0 fully saturated rings. The van der Waals surface area contributed by atoms with Crippen molar-refractivity contribution in [2.45, 2.75) is 13.1 Å². The van der Waals surface area contributed by atoms with Gasteiger partial charge in [-0.2, -0.15) is 13.2 Å². The van der Waals surface area contributed by atoms with Crippen molar-refractivity contribution >= 4 is 11.5 Å². The normalized spacial score (nSPS) is 11.4. The lowest BCUT2D eigenvalue weighted by Gasteiger charge is -2.08. The predicted octanol–water partition coefficient (Wildman–Crippen LogP) is 2.49. The Morgan fingerprint density at radius 2 is 1.93 bits per heavy atom. The molecule has 1 aromatic carbocycles. The number of rotatable bonds is 1. The van der Waals surface area contributed by atoms with E-state index in [1.807, 2.05) is 0 Å². The third-order valence-electron chi connectivity index (χ3n) is 1.76. The van der Waals surface area contributed by atoms with Crippen LogP contribution in [0.4, 0.5) is 18.9 Å². The minimum atomic E-state index is -4.45. The van der Waals surface area contributed by atoms with Gasteiger partial charge in [-0.1, -0.05) is 0 Å². The fourth-order valence-corrected chi connectivity index (χ4v) is 1.04. The molecule has 0 aromatic heterocycles. The van der Waals surface area contributed by atoms with Crippen LogP contribution in [0.25, 0.3) is 0 Å². The number of carbonyl (C=O) groups is 1. The summed E-state index contributed by atoms with van der Waals surface area (Å²) < 4.78 is 36.6. The maximum atomic E-state index is 12.2. The Bertz CT molecular complexity index is 371. The lowest BCUT2D eigenvalue weighted by atomic mass is 10.1. The van der Waals surface area contributed by atoms with Gasteiger partial charge >= 0.3 is 6.18 Å². The predicted molar refractivity (Wildman–Crippen MR) is 45.9 cm³/mol. The van der Waals surface area contributed by atoms with Crippen LogP contribution in [-0.4, -0.2) is 5.78 Å². The lowest BCUT2D eigenvalue weighted by Crippen LogP contribution is -2.08. The Kier molecular flexibility index (Phi) is 2.51. The van der Waals surface area contributed by atoms with Gasteiger partial charge in [0, 0.05) is 11.3 Å². The fraction of sp³-hybridized carbons (Fsp3) is 0.222. The number of hydrogen-bond donors (Lipinski definition) is 1. The monoisotopic (exact) mass is 203 g/mol. The zero-order chi connectivity index (χ0) is 10.9. The largest absolute Gasteiger partial charge is 0.416 e. The van der Waals surface area contributed by atoms with Crippen LogP contribution in [0.2, 0.25) is 0 Å². The van der Waals surface area contributed by atoms with Crippen LogP contribution in [-0.2, 0) is 6.18 Å². The Balaban J connectivity index is 3.27. The molecule has 0 saturated carbocycles. The highest BCUT2D eigenvalue weighted by Gasteiger charge is 2.31. The second kappa shape index (κ2) is 3.32. The first-order valence-electron chi connectivity index (χ1n) is 3.80. The molecule has 2 N–H and O–H groups in total. The molecular formula is C9H8F3NO. The number of nitrogens with two attached hydrogens (primary N) is 1. The van der Waals surface area contributed by atoms with Crippen LogP contribution in [0.15, 0.2) is 18.2 Å². The van der Waals surface area contributed by atoms with Gasteiger partial charge in [-0.15, -0.1) is 0 Å². The van der Waals surface area contributed by atoms with E-state index in [-0.39, 0.29) is 11.3 Å². The summed E-state index contributed by atoms with van der Waals surface area (Å²) in [6, 6.07) is 2.69. The van der Waals surface area contributed by atoms with Crippen molar-refractivity contribution in [3.8, 4) is 0 Å². The first-order valence-corrected chi connectivity index (χ1v) is 3.80. The molecular weight excluding hydrogens is 195 g/mol. The number of benzene rings is 1. The molecule has 0 aliphatic carbocycles. The molecule has 14 heavy (non-hydrogen) atoms. The molecule has 0 unspecified atom stereocenters. The fourth-order valence-electron chi connectivity index (χ4n) is 1.04.